The van der Waals surface area contributed by atoms with Crippen molar-refractivity contribution in [2.45, 2.75) is 46.2 Å². The number of ether oxygens (including phenoxy) is 1. The molecule has 5 nitrogen and oxygen atoms in total. The maximum atomic E-state index is 5.62. The Morgan fingerprint density at radius 3 is 2.50 bits per heavy atom. The van der Waals surface area contributed by atoms with Crippen LogP contribution in [0, 0.1) is 0 Å². The molecule has 0 radical (unpaired) electrons. The number of hydrogen-bond acceptors (Lipinski definition) is 4. The third-order valence-electron chi connectivity index (χ3n) is 2.35. The van der Waals surface area contributed by atoms with Crippen molar-refractivity contribution in [3.8, 4) is 0 Å². The minimum absolute atomic E-state index is 0.447. The van der Waals surface area contributed by atoms with Crippen LogP contribution in [-0.4, -0.2) is 28.0 Å². The van der Waals surface area contributed by atoms with Crippen molar-refractivity contribution in [1.82, 2.24) is 14.8 Å². The molecule has 2 N–H and O–H groups in total. The highest BCUT2D eigenvalue weighted by atomic mass is 16.5. The van der Waals surface area contributed by atoms with Gasteiger partial charge in [-0.2, -0.15) is 0 Å². The molecule has 0 aliphatic rings. The van der Waals surface area contributed by atoms with Crippen molar-refractivity contribution in [2.24, 2.45) is 5.73 Å². The van der Waals surface area contributed by atoms with E-state index in [1.165, 1.54) is 0 Å². The molecule has 5 heteroatoms. The molecule has 0 saturated carbocycles. The van der Waals surface area contributed by atoms with E-state index in [0.717, 1.165) is 44.1 Å². The Balaban J connectivity index is 2.53. The second-order valence-corrected chi connectivity index (χ2v) is 3.75. The second-order valence-electron chi connectivity index (χ2n) is 3.75. The normalized spacial score (nSPS) is 10.9. The third-order valence-corrected chi connectivity index (χ3v) is 2.35. The summed E-state index contributed by atoms with van der Waals surface area (Å²) in [5, 5.41) is 8.24. The summed E-state index contributed by atoms with van der Waals surface area (Å²) in [4.78, 5) is 0. The number of nitrogens with zero attached hydrogens (tertiary/aromatic N) is 3. The number of hydrogen-bond donors (Lipinski definition) is 1. The molecule has 0 amide bonds. The van der Waals surface area contributed by atoms with Crippen LogP contribution in [0.5, 0.6) is 0 Å². The Morgan fingerprint density at radius 1 is 1.12 bits per heavy atom. The van der Waals surface area contributed by atoms with Gasteiger partial charge in [0.1, 0.15) is 11.6 Å². The van der Waals surface area contributed by atoms with Crippen molar-refractivity contribution in [3.05, 3.63) is 11.6 Å². The number of aromatic nitrogens is 3. The fourth-order valence-corrected chi connectivity index (χ4v) is 1.60. The lowest BCUT2D eigenvalue weighted by Crippen LogP contribution is -2.12. The van der Waals surface area contributed by atoms with E-state index < -0.39 is 0 Å². The first-order valence-corrected chi connectivity index (χ1v) is 6.02. The molecule has 0 aliphatic carbocycles. The highest BCUT2D eigenvalue weighted by molar-refractivity contribution is 4.95. The van der Waals surface area contributed by atoms with E-state index >= 15 is 0 Å². The van der Waals surface area contributed by atoms with Crippen LogP contribution in [0.25, 0.3) is 0 Å². The van der Waals surface area contributed by atoms with Gasteiger partial charge in [-0.15, -0.1) is 10.2 Å². The lowest BCUT2D eigenvalue weighted by atomic mass is 10.3. The quantitative estimate of drug-likeness (QED) is 0.674. The van der Waals surface area contributed by atoms with Crippen molar-refractivity contribution in [1.29, 1.82) is 0 Å². The predicted octanol–water partition coefficient (Wildman–Crippen LogP) is 1.12. The molecule has 1 rings (SSSR count). The van der Waals surface area contributed by atoms with Crippen LogP contribution in [0.3, 0.4) is 0 Å². The highest BCUT2D eigenvalue weighted by Gasteiger charge is 2.09. The van der Waals surface area contributed by atoms with Crippen LogP contribution < -0.4 is 5.73 Å². The molecule has 92 valence electrons. The molecule has 0 aliphatic heterocycles. The Hall–Kier alpha value is -0.940. The Bertz CT molecular complexity index is 298. The molecule has 0 fully saturated rings. The number of rotatable bonds is 8. The van der Waals surface area contributed by atoms with Gasteiger partial charge in [0.15, 0.2) is 0 Å². The van der Waals surface area contributed by atoms with Gasteiger partial charge in [-0.05, 0) is 12.8 Å². The van der Waals surface area contributed by atoms with E-state index in [4.69, 9.17) is 10.5 Å². The summed E-state index contributed by atoms with van der Waals surface area (Å²) in [6.07, 6.45) is 2.93. The summed E-state index contributed by atoms with van der Waals surface area (Å²) in [5.74, 6) is 1.85. The molecule has 0 saturated heterocycles. The zero-order valence-electron chi connectivity index (χ0n) is 10.3. The lowest BCUT2D eigenvalue weighted by molar-refractivity contribution is 0.136. The van der Waals surface area contributed by atoms with Gasteiger partial charge in [0.2, 0.25) is 0 Å². The first-order chi connectivity index (χ1) is 7.83. The molecule has 0 aromatic carbocycles. The lowest BCUT2D eigenvalue weighted by Gasteiger charge is -2.08. The summed E-state index contributed by atoms with van der Waals surface area (Å²) in [7, 11) is 0. The molecule has 0 spiro atoms. The molecule has 1 aromatic heterocycles. The van der Waals surface area contributed by atoms with Crippen molar-refractivity contribution in [3.63, 3.8) is 0 Å². The number of nitrogens with two attached hydrogens (primary N) is 1. The van der Waals surface area contributed by atoms with Gasteiger partial charge >= 0.3 is 0 Å². The smallest absolute Gasteiger partial charge is 0.146 e. The van der Waals surface area contributed by atoms with E-state index in [1.54, 1.807) is 0 Å². The zero-order chi connectivity index (χ0) is 11.8. The van der Waals surface area contributed by atoms with Gasteiger partial charge in [0.25, 0.3) is 0 Å². The standard InChI is InChI=1S/C11H22N4O/c1-3-6-15-10(5-8-16-7-4-2)13-14-11(15)9-12/h3-9,12H2,1-2H3. The fourth-order valence-electron chi connectivity index (χ4n) is 1.60. The van der Waals surface area contributed by atoms with Crippen molar-refractivity contribution >= 4 is 0 Å². The molecule has 0 atom stereocenters. The molecule has 1 heterocycles. The summed E-state index contributed by atoms with van der Waals surface area (Å²) >= 11 is 0. The van der Waals surface area contributed by atoms with Crippen LogP contribution in [0.15, 0.2) is 0 Å². The van der Waals surface area contributed by atoms with Crippen LogP contribution >= 0.6 is 0 Å². The Labute approximate surface area is 97.0 Å². The minimum atomic E-state index is 0.447. The van der Waals surface area contributed by atoms with E-state index in [2.05, 4.69) is 28.6 Å². The van der Waals surface area contributed by atoms with E-state index in [0.29, 0.717) is 13.2 Å². The maximum absolute atomic E-state index is 5.62. The van der Waals surface area contributed by atoms with Crippen LogP contribution in [0.4, 0.5) is 0 Å². The van der Waals surface area contributed by atoms with Gasteiger partial charge < -0.3 is 15.0 Å². The summed E-state index contributed by atoms with van der Waals surface area (Å²) in [6, 6.07) is 0. The molecular formula is C11H22N4O. The first-order valence-electron chi connectivity index (χ1n) is 6.02. The van der Waals surface area contributed by atoms with Crippen molar-refractivity contribution in [2.75, 3.05) is 13.2 Å². The molecule has 16 heavy (non-hydrogen) atoms. The Morgan fingerprint density at radius 2 is 1.88 bits per heavy atom. The van der Waals surface area contributed by atoms with Crippen LogP contribution in [0.2, 0.25) is 0 Å². The van der Waals surface area contributed by atoms with Crippen LogP contribution in [0.1, 0.15) is 38.3 Å². The largest absolute Gasteiger partial charge is 0.381 e. The van der Waals surface area contributed by atoms with E-state index in [-0.39, 0.29) is 0 Å². The topological polar surface area (TPSA) is 66.0 Å². The average Bonchev–Trinajstić information content (AvgIpc) is 2.68. The van der Waals surface area contributed by atoms with Gasteiger partial charge in [0.05, 0.1) is 13.2 Å². The second kappa shape index (κ2) is 7.35. The molecule has 0 unspecified atom stereocenters. The van der Waals surface area contributed by atoms with Crippen molar-refractivity contribution < 1.29 is 4.74 Å². The van der Waals surface area contributed by atoms with Gasteiger partial charge in [-0.25, -0.2) is 0 Å². The summed E-state index contributed by atoms with van der Waals surface area (Å²) < 4.78 is 7.56. The van der Waals surface area contributed by atoms with E-state index in [9.17, 15) is 0 Å². The SMILES string of the molecule is CCCOCCc1nnc(CN)n1CCC. The third kappa shape index (κ3) is 3.57. The molecular weight excluding hydrogens is 204 g/mol. The summed E-state index contributed by atoms with van der Waals surface area (Å²) in [5.41, 5.74) is 5.62. The first kappa shape index (κ1) is 13.1. The monoisotopic (exact) mass is 226 g/mol. The molecule has 1 aromatic rings. The maximum Gasteiger partial charge on any atom is 0.146 e. The fraction of sp³-hybridized carbons (Fsp3) is 0.818. The zero-order valence-corrected chi connectivity index (χ0v) is 10.3. The highest BCUT2D eigenvalue weighted by Crippen LogP contribution is 2.04. The summed E-state index contributed by atoms with van der Waals surface area (Å²) in [6.45, 7) is 7.14. The van der Waals surface area contributed by atoms with Gasteiger partial charge in [-0.3, -0.25) is 0 Å². The average molecular weight is 226 g/mol. The predicted molar refractivity (Wildman–Crippen MR) is 63.0 cm³/mol. The van der Waals surface area contributed by atoms with Crippen LogP contribution in [-0.2, 0) is 24.2 Å². The van der Waals surface area contributed by atoms with Gasteiger partial charge in [-0.1, -0.05) is 13.8 Å². The van der Waals surface area contributed by atoms with E-state index in [1.807, 2.05) is 0 Å². The minimum Gasteiger partial charge on any atom is -0.381 e. The van der Waals surface area contributed by atoms with Gasteiger partial charge in [0, 0.05) is 19.6 Å². The Kier molecular flexibility index (Phi) is 6.03. The molecule has 0 bridgehead atoms.